The molecule has 0 aliphatic heterocycles. The first kappa shape index (κ1) is 11.2. The average Bonchev–Trinajstić information content (AvgIpc) is 2.70. The summed E-state index contributed by atoms with van der Waals surface area (Å²) in [6, 6.07) is 4.51. The van der Waals surface area contributed by atoms with Gasteiger partial charge in [0.15, 0.2) is 5.78 Å². The first-order valence-electron chi connectivity index (χ1n) is 4.98. The third kappa shape index (κ3) is 1.75. The maximum Gasteiger partial charge on any atom is 0.354 e. The number of rotatable bonds is 2. The summed E-state index contributed by atoms with van der Waals surface area (Å²) in [7, 11) is 1.27. The van der Waals surface area contributed by atoms with Gasteiger partial charge < -0.3 is 14.8 Å². The average molecular weight is 233 g/mol. The number of H-pyrrole nitrogens is 1. The van der Waals surface area contributed by atoms with E-state index in [9.17, 15) is 14.7 Å². The van der Waals surface area contributed by atoms with Crippen molar-refractivity contribution in [2.45, 2.75) is 6.92 Å². The van der Waals surface area contributed by atoms with Gasteiger partial charge in [-0.05, 0) is 25.1 Å². The fourth-order valence-corrected chi connectivity index (χ4v) is 1.78. The molecule has 2 aromatic rings. The number of carbonyl (C=O) groups is 2. The van der Waals surface area contributed by atoms with Gasteiger partial charge in [0.2, 0.25) is 0 Å². The Labute approximate surface area is 97.0 Å². The van der Waals surface area contributed by atoms with Crippen molar-refractivity contribution in [3.63, 3.8) is 0 Å². The SMILES string of the molecule is COC(=O)c1cc2c(C(C)=O)c(O)ccc2[nH]1. The Balaban J connectivity index is 2.73. The lowest BCUT2D eigenvalue weighted by Crippen LogP contribution is -2.00. The van der Waals surface area contributed by atoms with Crippen molar-refractivity contribution in [3.8, 4) is 5.75 Å². The van der Waals surface area contributed by atoms with E-state index in [4.69, 9.17) is 0 Å². The molecular weight excluding hydrogens is 222 g/mol. The minimum atomic E-state index is -0.518. The van der Waals surface area contributed by atoms with Gasteiger partial charge in [-0.2, -0.15) is 0 Å². The monoisotopic (exact) mass is 233 g/mol. The zero-order valence-corrected chi connectivity index (χ0v) is 9.40. The zero-order chi connectivity index (χ0) is 12.6. The smallest absolute Gasteiger partial charge is 0.354 e. The van der Waals surface area contributed by atoms with E-state index in [1.807, 2.05) is 0 Å². The van der Waals surface area contributed by atoms with E-state index in [-0.39, 0.29) is 22.8 Å². The summed E-state index contributed by atoms with van der Waals surface area (Å²) in [6.07, 6.45) is 0. The molecule has 88 valence electrons. The van der Waals surface area contributed by atoms with Gasteiger partial charge in [-0.15, -0.1) is 0 Å². The van der Waals surface area contributed by atoms with Crippen molar-refractivity contribution < 1.29 is 19.4 Å². The van der Waals surface area contributed by atoms with Crippen molar-refractivity contribution in [2.75, 3.05) is 7.11 Å². The number of benzene rings is 1. The highest BCUT2D eigenvalue weighted by Gasteiger charge is 2.16. The van der Waals surface area contributed by atoms with Crippen LogP contribution in [0.2, 0.25) is 0 Å². The topological polar surface area (TPSA) is 79.4 Å². The molecule has 0 spiro atoms. The molecular formula is C12H11NO4. The minimum Gasteiger partial charge on any atom is -0.507 e. The van der Waals surface area contributed by atoms with Crippen LogP contribution < -0.4 is 0 Å². The van der Waals surface area contributed by atoms with Gasteiger partial charge in [-0.3, -0.25) is 4.79 Å². The molecule has 1 aromatic carbocycles. The highest BCUT2D eigenvalue weighted by Crippen LogP contribution is 2.28. The zero-order valence-electron chi connectivity index (χ0n) is 9.40. The highest BCUT2D eigenvalue weighted by molar-refractivity contribution is 6.10. The lowest BCUT2D eigenvalue weighted by molar-refractivity contribution is 0.0595. The number of aromatic amines is 1. The van der Waals surface area contributed by atoms with Crippen LogP contribution in [0.1, 0.15) is 27.8 Å². The number of methoxy groups -OCH3 is 1. The van der Waals surface area contributed by atoms with Gasteiger partial charge in [0.1, 0.15) is 11.4 Å². The molecule has 0 bridgehead atoms. The number of aromatic nitrogens is 1. The summed E-state index contributed by atoms with van der Waals surface area (Å²) < 4.78 is 4.58. The fraction of sp³-hybridized carbons (Fsp3) is 0.167. The normalized spacial score (nSPS) is 10.5. The summed E-state index contributed by atoms with van der Waals surface area (Å²) in [4.78, 5) is 25.6. The van der Waals surface area contributed by atoms with E-state index in [0.29, 0.717) is 10.9 Å². The lowest BCUT2D eigenvalue weighted by atomic mass is 10.1. The predicted octanol–water partition coefficient (Wildman–Crippen LogP) is 1.86. The third-order valence-electron chi connectivity index (χ3n) is 2.54. The molecule has 2 rings (SSSR count). The molecule has 0 fully saturated rings. The molecule has 0 saturated carbocycles. The maximum absolute atomic E-state index is 11.4. The number of carbonyl (C=O) groups excluding carboxylic acids is 2. The van der Waals surface area contributed by atoms with Crippen molar-refractivity contribution in [1.29, 1.82) is 0 Å². The van der Waals surface area contributed by atoms with Gasteiger partial charge in [-0.1, -0.05) is 0 Å². The highest BCUT2D eigenvalue weighted by atomic mass is 16.5. The summed E-state index contributed by atoms with van der Waals surface area (Å²) in [5.74, 6) is -0.876. The molecule has 0 amide bonds. The Morgan fingerprint density at radius 1 is 1.35 bits per heavy atom. The van der Waals surface area contributed by atoms with Gasteiger partial charge in [-0.25, -0.2) is 4.79 Å². The number of hydrogen-bond donors (Lipinski definition) is 2. The molecule has 1 aromatic heterocycles. The minimum absolute atomic E-state index is 0.0968. The molecule has 0 aliphatic carbocycles. The number of Topliss-reactive ketones (excluding diaryl/α,β-unsaturated/α-hetero) is 1. The Bertz CT molecular complexity index is 612. The van der Waals surface area contributed by atoms with Crippen LogP contribution in [0.25, 0.3) is 10.9 Å². The van der Waals surface area contributed by atoms with Crippen molar-refractivity contribution in [2.24, 2.45) is 0 Å². The van der Waals surface area contributed by atoms with Crippen LogP contribution in [0.15, 0.2) is 18.2 Å². The van der Waals surface area contributed by atoms with Crippen LogP contribution in [0, 0.1) is 0 Å². The number of hydrogen-bond acceptors (Lipinski definition) is 4. The Hall–Kier alpha value is -2.30. The summed E-state index contributed by atoms with van der Waals surface area (Å²) >= 11 is 0. The number of nitrogens with one attached hydrogen (secondary N) is 1. The van der Waals surface area contributed by atoms with E-state index in [1.54, 1.807) is 6.07 Å². The maximum atomic E-state index is 11.4. The first-order valence-corrected chi connectivity index (χ1v) is 4.98. The first-order chi connectivity index (χ1) is 8.04. The van der Waals surface area contributed by atoms with Crippen LogP contribution in [-0.2, 0) is 4.74 Å². The van der Waals surface area contributed by atoms with Crippen molar-refractivity contribution in [3.05, 3.63) is 29.5 Å². The Morgan fingerprint density at radius 2 is 2.06 bits per heavy atom. The standard InChI is InChI=1S/C12H11NO4/c1-6(14)11-7-5-9(12(16)17-2)13-8(7)3-4-10(11)15/h3-5,13,15H,1-2H3. The van der Waals surface area contributed by atoms with Gasteiger partial charge in [0, 0.05) is 10.9 Å². The largest absolute Gasteiger partial charge is 0.507 e. The van der Waals surface area contributed by atoms with Crippen molar-refractivity contribution in [1.82, 2.24) is 4.98 Å². The number of fused-ring (bicyclic) bond motifs is 1. The van der Waals surface area contributed by atoms with E-state index in [0.717, 1.165) is 0 Å². The van der Waals surface area contributed by atoms with Crippen LogP contribution in [0.3, 0.4) is 0 Å². The molecule has 0 unspecified atom stereocenters. The summed E-state index contributed by atoms with van der Waals surface area (Å²) in [6.45, 7) is 1.36. The molecule has 0 radical (unpaired) electrons. The van der Waals surface area contributed by atoms with Crippen LogP contribution in [0.5, 0.6) is 5.75 Å². The van der Waals surface area contributed by atoms with Crippen LogP contribution in [-0.4, -0.2) is 29.0 Å². The van der Waals surface area contributed by atoms with Gasteiger partial charge >= 0.3 is 5.97 Å². The second-order valence-corrected chi connectivity index (χ2v) is 3.65. The van der Waals surface area contributed by atoms with Crippen LogP contribution in [0.4, 0.5) is 0 Å². The number of ketones is 1. The fourth-order valence-electron chi connectivity index (χ4n) is 1.78. The number of aromatic hydroxyl groups is 1. The number of esters is 1. The molecule has 0 aliphatic rings. The van der Waals surface area contributed by atoms with E-state index in [1.165, 1.54) is 26.2 Å². The second-order valence-electron chi connectivity index (χ2n) is 3.65. The summed E-state index contributed by atoms with van der Waals surface area (Å²) in [5.41, 5.74) is 1.05. The van der Waals surface area contributed by atoms with E-state index < -0.39 is 5.97 Å². The second kappa shape index (κ2) is 3.93. The van der Waals surface area contributed by atoms with Crippen LogP contribution >= 0.6 is 0 Å². The van der Waals surface area contributed by atoms with Crippen molar-refractivity contribution >= 4 is 22.7 Å². The molecule has 5 heteroatoms. The molecule has 0 saturated heterocycles. The predicted molar refractivity (Wildman–Crippen MR) is 61.3 cm³/mol. The van der Waals surface area contributed by atoms with Gasteiger partial charge in [0.05, 0.1) is 12.7 Å². The Kier molecular flexibility index (Phi) is 2.59. The quantitative estimate of drug-likeness (QED) is 0.613. The van der Waals surface area contributed by atoms with E-state index in [2.05, 4.69) is 9.72 Å². The molecule has 1 heterocycles. The number of ether oxygens (including phenoxy) is 1. The van der Waals surface area contributed by atoms with Gasteiger partial charge in [0.25, 0.3) is 0 Å². The molecule has 2 N–H and O–H groups in total. The van der Waals surface area contributed by atoms with E-state index >= 15 is 0 Å². The third-order valence-corrected chi connectivity index (χ3v) is 2.54. The molecule has 0 atom stereocenters. The number of phenols is 1. The molecule has 5 nitrogen and oxygen atoms in total. The molecule has 17 heavy (non-hydrogen) atoms. The lowest BCUT2D eigenvalue weighted by Gasteiger charge is -2.01. The Morgan fingerprint density at radius 3 is 2.65 bits per heavy atom. The number of phenolic OH excluding ortho intramolecular Hbond substituents is 1. The summed E-state index contributed by atoms with van der Waals surface area (Å²) in [5, 5.41) is 10.1.